The van der Waals surface area contributed by atoms with E-state index in [1.54, 1.807) is 18.3 Å². The summed E-state index contributed by atoms with van der Waals surface area (Å²) in [5.41, 5.74) is 2.54. The zero-order valence-electron chi connectivity index (χ0n) is 8.41. The summed E-state index contributed by atoms with van der Waals surface area (Å²) in [5, 5.41) is 17.2. The van der Waals surface area contributed by atoms with Gasteiger partial charge in [0.05, 0.1) is 29.6 Å². The lowest BCUT2D eigenvalue weighted by atomic mass is 10.2. The second kappa shape index (κ2) is 4.02. The van der Waals surface area contributed by atoms with Gasteiger partial charge in [0.25, 0.3) is 0 Å². The highest BCUT2D eigenvalue weighted by Crippen LogP contribution is 2.27. The average Bonchev–Trinajstić information content (AvgIpc) is 2.96. The van der Waals surface area contributed by atoms with E-state index in [0.29, 0.717) is 21.9 Å². The number of aliphatic hydroxyl groups is 1. The fourth-order valence-corrected chi connectivity index (χ4v) is 2.29. The van der Waals surface area contributed by atoms with E-state index >= 15 is 0 Å². The van der Waals surface area contributed by atoms with Crippen molar-refractivity contribution in [1.82, 2.24) is 23.7 Å². The number of benzene rings is 1. The van der Waals surface area contributed by atoms with E-state index in [2.05, 4.69) is 19.1 Å². The molecule has 0 bridgehead atoms. The number of hydrogen-bond donors (Lipinski definition) is 1. The highest BCUT2D eigenvalue weighted by Gasteiger charge is 2.13. The van der Waals surface area contributed by atoms with Gasteiger partial charge in [-0.05, 0) is 12.1 Å². The highest BCUT2D eigenvalue weighted by molar-refractivity contribution is 7.00. The molecule has 86 valence electrons. The van der Waals surface area contributed by atoms with Crippen LogP contribution in [0.2, 0.25) is 5.02 Å². The minimum Gasteiger partial charge on any atom is -0.390 e. The van der Waals surface area contributed by atoms with Crippen molar-refractivity contribution >= 4 is 34.4 Å². The van der Waals surface area contributed by atoms with Crippen LogP contribution in [0.5, 0.6) is 0 Å². The normalized spacial score (nSPS) is 11.2. The van der Waals surface area contributed by atoms with Gasteiger partial charge in [0.1, 0.15) is 22.4 Å². The summed E-state index contributed by atoms with van der Waals surface area (Å²) in [4.78, 5) is 0. The highest BCUT2D eigenvalue weighted by atomic mass is 35.5. The predicted octanol–water partition coefficient (Wildman–Crippen LogP) is 1.42. The van der Waals surface area contributed by atoms with E-state index in [4.69, 9.17) is 16.7 Å². The van der Waals surface area contributed by atoms with Gasteiger partial charge in [0.2, 0.25) is 0 Å². The smallest absolute Gasteiger partial charge is 0.132 e. The largest absolute Gasteiger partial charge is 0.390 e. The molecule has 0 atom stereocenters. The number of hydrogen-bond acceptors (Lipinski definition) is 6. The van der Waals surface area contributed by atoms with Crippen molar-refractivity contribution in [3.8, 4) is 5.69 Å². The Bertz CT molecular complexity index is 679. The summed E-state index contributed by atoms with van der Waals surface area (Å²) in [7, 11) is 0. The van der Waals surface area contributed by atoms with Crippen LogP contribution in [0.3, 0.4) is 0 Å². The molecule has 17 heavy (non-hydrogen) atoms. The van der Waals surface area contributed by atoms with Crippen molar-refractivity contribution in [3.63, 3.8) is 0 Å². The molecule has 0 aliphatic carbocycles. The summed E-state index contributed by atoms with van der Waals surface area (Å²) >= 11 is 7.25. The van der Waals surface area contributed by atoms with Crippen molar-refractivity contribution in [2.75, 3.05) is 0 Å². The topological polar surface area (TPSA) is 76.7 Å². The Balaban J connectivity index is 2.27. The fraction of sp³-hybridized carbons (Fsp3) is 0.111. The molecule has 0 radical (unpaired) electrons. The molecule has 0 aliphatic rings. The number of fused-ring (bicyclic) bond motifs is 1. The van der Waals surface area contributed by atoms with Gasteiger partial charge in [-0.2, -0.15) is 8.75 Å². The van der Waals surface area contributed by atoms with Crippen molar-refractivity contribution in [2.24, 2.45) is 0 Å². The Kier molecular flexibility index (Phi) is 2.50. The Morgan fingerprint density at radius 2 is 2.24 bits per heavy atom. The minimum atomic E-state index is -0.164. The number of halogens is 1. The zero-order valence-corrected chi connectivity index (χ0v) is 9.98. The molecule has 0 spiro atoms. The van der Waals surface area contributed by atoms with Gasteiger partial charge in [-0.25, -0.2) is 4.68 Å². The molecule has 0 unspecified atom stereocenters. The van der Waals surface area contributed by atoms with Gasteiger partial charge in [0, 0.05) is 0 Å². The van der Waals surface area contributed by atoms with E-state index in [0.717, 1.165) is 17.2 Å². The monoisotopic (exact) mass is 267 g/mol. The molecular weight excluding hydrogens is 262 g/mol. The van der Waals surface area contributed by atoms with Crippen LogP contribution in [0.1, 0.15) is 5.69 Å². The van der Waals surface area contributed by atoms with Crippen LogP contribution in [-0.2, 0) is 6.61 Å². The van der Waals surface area contributed by atoms with Crippen LogP contribution >= 0.6 is 23.3 Å². The summed E-state index contributed by atoms with van der Waals surface area (Å²) in [6.07, 6.45) is 1.61. The minimum absolute atomic E-state index is 0.164. The second-order valence-corrected chi connectivity index (χ2v) is 4.28. The molecule has 6 nitrogen and oxygen atoms in total. The van der Waals surface area contributed by atoms with Crippen LogP contribution < -0.4 is 0 Å². The first-order chi connectivity index (χ1) is 8.29. The molecule has 3 rings (SSSR count). The molecular formula is C9H6ClN5OS. The molecule has 0 fully saturated rings. The SMILES string of the molecule is OCc1cn(-c2c(Cl)ccc3nsnc23)nn1. The maximum atomic E-state index is 8.97. The maximum Gasteiger partial charge on any atom is 0.132 e. The van der Waals surface area contributed by atoms with Gasteiger partial charge in [-0.3, -0.25) is 0 Å². The Morgan fingerprint density at radius 3 is 3.00 bits per heavy atom. The first-order valence-corrected chi connectivity index (χ1v) is 5.83. The molecule has 2 aromatic heterocycles. The van der Waals surface area contributed by atoms with E-state index < -0.39 is 0 Å². The zero-order chi connectivity index (χ0) is 11.8. The molecule has 1 N–H and O–H groups in total. The van der Waals surface area contributed by atoms with Crippen molar-refractivity contribution < 1.29 is 5.11 Å². The lowest BCUT2D eigenvalue weighted by molar-refractivity contribution is 0.276. The second-order valence-electron chi connectivity index (χ2n) is 3.34. The molecule has 8 heteroatoms. The average molecular weight is 268 g/mol. The summed E-state index contributed by atoms with van der Waals surface area (Å²) < 4.78 is 9.82. The van der Waals surface area contributed by atoms with Crippen molar-refractivity contribution in [1.29, 1.82) is 0 Å². The van der Waals surface area contributed by atoms with E-state index in [1.165, 1.54) is 4.68 Å². The number of aliphatic hydroxyl groups excluding tert-OH is 1. The fourth-order valence-electron chi connectivity index (χ4n) is 1.51. The van der Waals surface area contributed by atoms with Crippen LogP contribution in [0.4, 0.5) is 0 Å². The molecule has 2 heterocycles. The van der Waals surface area contributed by atoms with Gasteiger partial charge in [-0.1, -0.05) is 16.8 Å². The predicted molar refractivity (Wildman–Crippen MR) is 63.3 cm³/mol. The van der Waals surface area contributed by atoms with Crippen LogP contribution in [0.15, 0.2) is 18.3 Å². The number of rotatable bonds is 2. The van der Waals surface area contributed by atoms with E-state index in [-0.39, 0.29) is 6.61 Å². The Hall–Kier alpha value is -1.57. The lowest BCUT2D eigenvalue weighted by Crippen LogP contribution is -1.97. The van der Waals surface area contributed by atoms with Gasteiger partial charge in [-0.15, -0.1) is 5.10 Å². The third kappa shape index (κ3) is 1.68. The first-order valence-electron chi connectivity index (χ1n) is 4.73. The molecule has 0 saturated carbocycles. The quantitative estimate of drug-likeness (QED) is 0.760. The summed E-state index contributed by atoms with van der Waals surface area (Å²) in [5.74, 6) is 0. The lowest BCUT2D eigenvalue weighted by Gasteiger charge is -2.02. The molecule has 0 saturated heterocycles. The molecule has 3 aromatic rings. The molecule has 0 aliphatic heterocycles. The third-order valence-electron chi connectivity index (χ3n) is 2.28. The Morgan fingerprint density at radius 1 is 1.35 bits per heavy atom. The number of nitrogens with zero attached hydrogens (tertiary/aromatic N) is 5. The van der Waals surface area contributed by atoms with Crippen LogP contribution in [0.25, 0.3) is 16.7 Å². The summed E-state index contributed by atoms with van der Waals surface area (Å²) in [6.45, 7) is -0.164. The third-order valence-corrected chi connectivity index (χ3v) is 3.13. The van der Waals surface area contributed by atoms with E-state index in [9.17, 15) is 0 Å². The Labute approximate surface area is 105 Å². The molecule has 1 aromatic carbocycles. The maximum absolute atomic E-state index is 8.97. The van der Waals surface area contributed by atoms with Crippen LogP contribution in [0, 0.1) is 0 Å². The molecule has 0 amide bonds. The van der Waals surface area contributed by atoms with E-state index in [1.807, 2.05) is 0 Å². The summed E-state index contributed by atoms with van der Waals surface area (Å²) in [6, 6.07) is 3.54. The standard InChI is InChI=1S/C9H6ClN5OS/c10-6-1-2-7-8(13-17-12-7)9(6)15-3-5(4-16)11-14-15/h1-3,16H,4H2. The van der Waals surface area contributed by atoms with Crippen LogP contribution in [-0.4, -0.2) is 28.8 Å². The first kappa shape index (κ1) is 10.6. The van der Waals surface area contributed by atoms with Crippen molar-refractivity contribution in [3.05, 3.63) is 29.0 Å². The van der Waals surface area contributed by atoms with Gasteiger partial charge in [0.15, 0.2) is 0 Å². The van der Waals surface area contributed by atoms with Gasteiger partial charge >= 0.3 is 0 Å². The van der Waals surface area contributed by atoms with Gasteiger partial charge < -0.3 is 5.11 Å². The number of aromatic nitrogens is 5. The van der Waals surface area contributed by atoms with Crippen molar-refractivity contribution in [2.45, 2.75) is 6.61 Å².